The van der Waals surface area contributed by atoms with Gasteiger partial charge in [-0.2, -0.15) is 11.8 Å². The first-order valence-electron chi connectivity index (χ1n) is 7.95. The maximum atomic E-state index is 12.9. The van der Waals surface area contributed by atoms with E-state index < -0.39 is 0 Å². The summed E-state index contributed by atoms with van der Waals surface area (Å²) >= 11 is 3.77. The first kappa shape index (κ1) is 16.4. The molecule has 1 fully saturated rings. The monoisotopic (exact) mass is 347 g/mol. The van der Waals surface area contributed by atoms with Crippen molar-refractivity contribution in [2.45, 2.75) is 18.6 Å². The zero-order valence-corrected chi connectivity index (χ0v) is 14.9. The summed E-state index contributed by atoms with van der Waals surface area (Å²) in [5.41, 5.74) is 0.675. The average Bonchev–Trinajstić information content (AvgIpc) is 3.00. The molecule has 0 aliphatic carbocycles. The topological polar surface area (TPSA) is 29.5 Å². The van der Waals surface area contributed by atoms with E-state index in [-0.39, 0.29) is 5.91 Å². The van der Waals surface area contributed by atoms with Gasteiger partial charge in [0.1, 0.15) is 5.75 Å². The molecule has 2 heterocycles. The van der Waals surface area contributed by atoms with Crippen molar-refractivity contribution < 1.29 is 9.53 Å². The van der Waals surface area contributed by atoms with Crippen LogP contribution >= 0.6 is 23.1 Å². The Labute approximate surface area is 145 Å². The van der Waals surface area contributed by atoms with E-state index in [1.54, 1.807) is 0 Å². The molecule has 5 heteroatoms. The molecule has 0 unspecified atom stereocenters. The minimum Gasteiger partial charge on any atom is -0.493 e. The van der Waals surface area contributed by atoms with E-state index in [1.807, 2.05) is 59.2 Å². The van der Waals surface area contributed by atoms with Crippen molar-refractivity contribution in [2.75, 3.05) is 25.4 Å². The number of thioether (sulfide) groups is 1. The molecule has 0 radical (unpaired) electrons. The molecule has 3 rings (SSSR count). The molecule has 23 heavy (non-hydrogen) atoms. The average molecular weight is 348 g/mol. The highest BCUT2D eigenvalue weighted by Gasteiger charge is 2.24. The van der Waals surface area contributed by atoms with Gasteiger partial charge in [0.25, 0.3) is 5.91 Å². The van der Waals surface area contributed by atoms with Gasteiger partial charge in [-0.05, 0) is 36.9 Å². The molecule has 1 atom stereocenters. The van der Waals surface area contributed by atoms with E-state index in [1.165, 1.54) is 4.88 Å². The lowest BCUT2D eigenvalue weighted by Gasteiger charge is -2.21. The molecule has 0 spiro atoms. The smallest absolute Gasteiger partial charge is 0.257 e. The van der Waals surface area contributed by atoms with Gasteiger partial charge in [0, 0.05) is 29.0 Å². The highest BCUT2D eigenvalue weighted by Crippen LogP contribution is 2.37. The third-order valence-electron chi connectivity index (χ3n) is 3.91. The van der Waals surface area contributed by atoms with Crippen molar-refractivity contribution in [3.8, 4) is 5.75 Å². The van der Waals surface area contributed by atoms with Crippen LogP contribution in [0.2, 0.25) is 0 Å². The van der Waals surface area contributed by atoms with Crippen LogP contribution in [0.1, 0.15) is 33.8 Å². The lowest BCUT2D eigenvalue weighted by molar-refractivity contribution is 0.0762. The molecule has 1 aromatic carbocycles. The van der Waals surface area contributed by atoms with Crippen LogP contribution in [0.25, 0.3) is 0 Å². The summed E-state index contributed by atoms with van der Waals surface area (Å²) in [5.74, 6) is 1.75. The summed E-state index contributed by atoms with van der Waals surface area (Å²) in [4.78, 5) is 16.3. The summed E-state index contributed by atoms with van der Waals surface area (Å²) in [7, 11) is 0. The van der Waals surface area contributed by atoms with Gasteiger partial charge in [-0.3, -0.25) is 4.79 Å². The Morgan fingerprint density at radius 1 is 1.26 bits per heavy atom. The molecule has 0 N–H and O–H groups in total. The van der Waals surface area contributed by atoms with Gasteiger partial charge in [0.15, 0.2) is 0 Å². The van der Waals surface area contributed by atoms with E-state index in [2.05, 4.69) is 17.5 Å². The van der Waals surface area contributed by atoms with E-state index in [0.29, 0.717) is 23.2 Å². The number of ether oxygens (including phenoxy) is 1. The molecule has 1 aromatic heterocycles. The minimum absolute atomic E-state index is 0.0847. The summed E-state index contributed by atoms with van der Waals surface area (Å²) in [5, 5.41) is 2.64. The Morgan fingerprint density at radius 2 is 2.13 bits per heavy atom. The maximum absolute atomic E-state index is 12.9. The van der Waals surface area contributed by atoms with Crippen LogP contribution in [0.15, 0.2) is 41.8 Å². The van der Waals surface area contributed by atoms with Crippen LogP contribution in [-0.4, -0.2) is 36.3 Å². The van der Waals surface area contributed by atoms with Gasteiger partial charge in [0.2, 0.25) is 0 Å². The number of para-hydroxylation sites is 1. The molecule has 3 nitrogen and oxygen atoms in total. The van der Waals surface area contributed by atoms with E-state index in [4.69, 9.17) is 4.74 Å². The standard InChI is InChI=1S/C18H21NO2S2/c1-2-21-15-7-4-3-6-14(15)18(20)19-10-9-17(23-13-11-19)16-8-5-12-22-16/h3-8,12,17H,2,9-11,13H2,1H3/t17-/m1/s1. The summed E-state index contributed by atoms with van der Waals surface area (Å²) in [6.07, 6.45) is 1.01. The molecule has 122 valence electrons. The molecule has 1 amide bonds. The van der Waals surface area contributed by atoms with Gasteiger partial charge in [-0.15, -0.1) is 11.3 Å². The SMILES string of the molecule is CCOc1ccccc1C(=O)N1CCS[C@@H](c2cccs2)CC1. The molecule has 2 aromatic rings. The van der Waals surface area contributed by atoms with Crippen molar-refractivity contribution in [2.24, 2.45) is 0 Å². The molecule has 1 aliphatic rings. The summed E-state index contributed by atoms with van der Waals surface area (Å²) in [6.45, 7) is 4.11. The van der Waals surface area contributed by atoms with Gasteiger partial charge in [0.05, 0.1) is 12.2 Å². The molecular weight excluding hydrogens is 326 g/mol. The third kappa shape index (κ3) is 3.90. The van der Waals surface area contributed by atoms with Crippen LogP contribution in [-0.2, 0) is 0 Å². The maximum Gasteiger partial charge on any atom is 0.257 e. The van der Waals surface area contributed by atoms with Crippen molar-refractivity contribution in [3.63, 3.8) is 0 Å². The second-order valence-corrected chi connectivity index (χ2v) is 7.67. The number of hydrogen-bond acceptors (Lipinski definition) is 4. The second kappa shape index (κ2) is 7.88. The molecule has 0 bridgehead atoms. The van der Waals surface area contributed by atoms with E-state index >= 15 is 0 Å². The predicted octanol–water partition coefficient (Wildman–Crippen LogP) is 4.47. The lowest BCUT2D eigenvalue weighted by atomic mass is 10.1. The number of rotatable bonds is 4. The van der Waals surface area contributed by atoms with Crippen LogP contribution in [0, 0.1) is 0 Å². The van der Waals surface area contributed by atoms with Crippen LogP contribution in [0.4, 0.5) is 0 Å². The highest BCUT2D eigenvalue weighted by molar-refractivity contribution is 7.99. The number of carbonyl (C=O) groups excluding carboxylic acids is 1. The lowest BCUT2D eigenvalue weighted by Crippen LogP contribution is -2.33. The van der Waals surface area contributed by atoms with Gasteiger partial charge >= 0.3 is 0 Å². The van der Waals surface area contributed by atoms with Crippen LogP contribution < -0.4 is 4.74 Å². The normalized spacial score (nSPS) is 18.5. The number of thiophene rings is 1. The fraction of sp³-hybridized carbons (Fsp3) is 0.389. The Balaban J connectivity index is 1.71. The Morgan fingerprint density at radius 3 is 2.91 bits per heavy atom. The molecular formula is C18H21NO2S2. The first-order valence-corrected chi connectivity index (χ1v) is 9.88. The first-order chi connectivity index (χ1) is 11.3. The van der Waals surface area contributed by atoms with Crippen LogP contribution in [0.3, 0.4) is 0 Å². The minimum atomic E-state index is 0.0847. The second-order valence-electron chi connectivity index (χ2n) is 5.38. The number of hydrogen-bond donors (Lipinski definition) is 0. The highest BCUT2D eigenvalue weighted by atomic mass is 32.2. The van der Waals surface area contributed by atoms with Gasteiger partial charge < -0.3 is 9.64 Å². The zero-order chi connectivity index (χ0) is 16.1. The zero-order valence-electron chi connectivity index (χ0n) is 13.2. The van der Waals surface area contributed by atoms with Crippen molar-refractivity contribution in [3.05, 3.63) is 52.2 Å². The fourth-order valence-electron chi connectivity index (χ4n) is 2.77. The number of amides is 1. The summed E-state index contributed by atoms with van der Waals surface area (Å²) in [6, 6.07) is 11.8. The van der Waals surface area contributed by atoms with Crippen molar-refractivity contribution in [1.29, 1.82) is 0 Å². The summed E-state index contributed by atoms with van der Waals surface area (Å²) < 4.78 is 5.61. The predicted molar refractivity (Wildman–Crippen MR) is 97.6 cm³/mol. The number of nitrogens with zero attached hydrogens (tertiary/aromatic N) is 1. The van der Waals surface area contributed by atoms with Crippen molar-refractivity contribution >= 4 is 29.0 Å². The quantitative estimate of drug-likeness (QED) is 0.817. The van der Waals surface area contributed by atoms with Crippen molar-refractivity contribution in [1.82, 2.24) is 4.90 Å². The third-order valence-corrected chi connectivity index (χ3v) is 6.35. The van der Waals surface area contributed by atoms with E-state index in [9.17, 15) is 4.79 Å². The van der Waals surface area contributed by atoms with Gasteiger partial charge in [-0.1, -0.05) is 18.2 Å². The number of benzene rings is 1. The molecule has 1 saturated heterocycles. The number of carbonyl (C=O) groups is 1. The fourth-order valence-corrected chi connectivity index (χ4v) is 5.01. The Bertz CT molecular complexity index is 642. The molecule has 0 saturated carbocycles. The van der Waals surface area contributed by atoms with Crippen LogP contribution in [0.5, 0.6) is 5.75 Å². The molecule has 1 aliphatic heterocycles. The van der Waals surface area contributed by atoms with Gasteiger partial charge in [-0.25, -0.2) is 0 Å². The Hall–Kier alpha value is -1.46. The Kier molecular flexibility index (Phi) is 5.62. The largest absolute Gasteiger partial charge is 0.493 e. The van der Waals surface area contributed by atoms with E-state index in [0.717, 1.165) is 25.3 Å².